The van der Waals surface area contributed by atoms with Gasteiger partial charge in [-0.25, -0.2) is 4.98 Å². The first kappa shape index (κ1) is 24.2. The maximum absolute atomic E-state index is 6.28. The third-order valence-corrected chi connectivity index (χ3v) is 6.82. The van der Waals surface area contributed by atoms with E-state index in [0.717, 1.165) is 50.5 Å². The van der Waals surface area contributed by atoms with E-state index < -0.39 is 0 Å². The largest absolute Gasteiger partial charge is 0.508 e. The first-order valence-electron chi connectivity index (χ1n) is 12.5. The second-order valence-electron chi connectivity index (χ2n) is 9.15. The van der Waals surface area contributed by atoms with Crippen LogP contribution in [0.4, 0.5) is 11.4 Å². The Balaban J connectivity index is 0.00000264. The summed E-state index contributed by atoms with van der Waals surface area (Å²) in [6.07, 6.45) is 7.23. The minimum atomic E-state index is 0. The fourth-order valence-corrected chi connectivity index (χ4v) is 5.14. The van der Waals surface area contributed by atoms with Crippen LogP contribution in [0.25, 0.3) is 39.1 Å². The van der Waals surface area contributed by atoms with Crippen molar-refractivity contribution in [2.45, 2.75) is 0 Å². The van der Waals surface area contributed by atoms with Gasteiger partial charge in [-0.2, -0.15) is 6.07 Å². The topological polar surface area (TPSA) is 61.0 Å². The summed E-state index contributed by atoms with van der Waals surface area (Å²) >= 11 is 0. The van der Waals surface area contributed by atoms with Gasteiger partial charge in [0.05, 0.1) is 0 Å². The van der Waals surface area contributed by atoms with Crippen molar-refractivity contribution in [3.8, 4) is 28.7 Å². The molecule has 7 aromatic rings. The Morgan fingerprint density at radius 3 is 2.55 bits per heavy atom. The predicted molar refractivity (Wildman–Crippen MR) is 150 cm³/mol. The van der Waals surface area contributed by atoms with E-state index in [2.05, 4.69) is 55.8 Å². The van der Waals surface area contributed by atoms with Crippen molar-refractivity contribution >= 4 is 33.3 Å². The Morgan fingerprint density at radius 1 is 0.750 bits per heavy atom. The molecule has 8 heteroatoms. The average molecular weight is 699 g/mol. The molecule has 8 rings (SSSR count). The van der Waals surface area contributed by atoms with Gasteiger partial charge in [-0.05, 0) is 65.3 Å². The van der Waals surface area contributed by atoms with E-state index in [0.29, 0.717) is 11.5 Å². The summed E-state index contributed by atoms with van der Waals surface area (Å²) in [6.45, 7) is 2.01. The molecule has 0 spiro atoms. The molecule has 0 saturated carbocycles. The zero-order chi connectivity index (χ0) is 25.8. The van der Waals surface area contributed by atoms with Gasteiger partial charge in [-0.3, -0.25) is 0 Å². The molecular weight excluding hydrogens is 679 g/mol. The number of para-hydroxylation sites is 2. The van der Waals surface area contributed by atoms with Gasteiger partial charge in [-0.15, -0.1) is 24.3 Å². The monoisotopic (exact) mass is 698 g/mol. The molecule has 4 aromatic heterocycles. The second-order valence-corrected chi connectivity index (χ2v) is 9.15. The van der Waals surface area contributed by atoms with Gasteiger partial charge < -0.3 is 28.7 Å². The molecule has 0 radical (unpaired) electrons. The van der Waals surface area contributed by atoms with Gasteiger partial charge in [0.15, 0.2) is 0 Å². The van der Waals surface area contributed by atoms with Crippen LogP contribution in [-0.4, -0.2) is 24.1 Å². The fourth-order valence-electron chi connectivity index (χ4n) is 5.14. The minimum Gasteiger partial charge on any atom is -0.508 e. The second kappa shape index (κ2) is 9.70. The van der Waals surface area contributed by atoms with E-state index in [1.54, 1.807) is 18.6 Å². The van der Waals surface area contributed by atoms with Crippen molar-refractivity contribution in [3.63, 3.8) is 0 Å². The summed E-state index contributed by atoms with van der Waals surface area (Å²) < 4.78 is 10.3. The molecule has 0 unspecified atom stereocenters. The van der Waals surface area contributed by atoms with Crippen LogP contribution in [0.5, 0.6) is 11.5 Å². The number of ether oxygens (including phenoxy) is 1. The third kappa shape index (κ3) is 3.86. The Labute approximate surface area is 244 Å². The summed E-state index contributed by atoms with van der Waals surface area (Å²) in [7, 11) is 0. The van der Waals surface area contributed by atoms with Crippen LogP contribution in [0.15, 0.2) is 110 Å². The standard InChI is InChI=1S/C32H19N6O.Pt/c1-4-13-28-25(10-1)31-29(38(28)30-14-5-6-15-33-30)19-24(20-35-31)39-23-9-7-8-22(18-23)37-21-36-17-16-34-32(36)26-11-2-3-12-27(26)37;/h1-17,20-21H;/q-3;. The quantitative estimate of drug-likeness (QED) is 0.187. The van der Waals surface area contributed by atoms with Crippen molar-refractivity contribution in [1.82, 2.24) is 24.1 Å². The number of hydrogen-bond acceptors (Lipinski definition) is 5. The van der Waals surface area contributed by atoms with Crippen LogP contribution in [0.3, 0.4) is 0 Å². The maximum atomic E-state index is 6.28. The van der Waals surface area contributed by atoms with Gasteiger partial charge in [0.2, 0.25) is 0 Å². The molecule has 0 atom stereocenters. The number of anilines is 2. The van der Waals surface area contributed by atoms with Gasteiger partial charge in [0.25, 0.3) is 0 Å². The Morgan fingerprint density at radius 2 is 1.62 bits per heavy atom. The number of hydrogen-bond donors (Lipinski definition) is 0. The van der Waals surface area contributed by atoms with Crippen LogP contribution in [0, 0.1) is 18.8 Å². The number of imidazole rings is 1. The smallest absolute Gasteiger partial charge is 0.135 e. The van der Waals surface area contributed by atoms with Crippen LogP contribution in [-0.2, 0) is 21.1 Å². The molecule has 1 aliphatic heterocycles. The van der Waals surface area contributed by atoms with Crippen molar-refractivity contribution < 1.29 is 25.8 Å². The number of benzene rings is 3. The first-order chi connectivity index (χ1) is 19.3. The predicted octanol–water partition coefficient (Wildman–Crippen LogP) is 6.95. The molecule has 0 bridgehead atoms. The normalized spacial score (nSPS) is 11.9. The number of pyridine rings is 2. The van der Waals surface area contributed by atoms with Crippen LogP contribution >= 0.6 is 0 Å². The molecular formula is C32H19N6OPt-3. The molecule has 7 nitrogen and oxygen atoms in total. The summed E-state index contributed by atoms with van der Waals surface area (Å²) in [5, 5.41) is 1.03. The molecule has 196 valence electrons. The van der Waals surface area contributed by atoms with Gasteiger partial charge in [0.1, 0.15) is 5.82 Å². The molecule has 0 fully saturated rings. The van der Waals surface area contributed by atoms with E-state index in [1.807, 2.05) is 78.1 Å². The maximum Gasteiger partial charge on any atom is 0.135 e. The van der Waals surface area contributed by atoms with Gasteiger partial charge in [0, 0.05) is 55.8 Å². The number of rotatable bonds is 4. The molecule has 3 aromatic carbocycles. The first-order valence-corrected chi connectivity index (χ1v) is 12.5. The average Bonchev–Trinajstić information content (AvgIpc) is 3.60. The van der Waals surface area contributed by atoms with Gasteiger partial charge in [-0.1, -0.05) is 54.3 Å². The third-order valence-electron chi connectivity index (χ3n) is 6.82. The van der Waals surface area contributed by atoms with Crippen LogP contribution in [0.1, 0.15) is 0 Å². The molecule has 1 aliphatic rings. The zero-order valence-electron chi connectivity index (χ0n) is 20.9. The minimum absolute atomic E-state index is 0. The van der Waals surface area contributed by atoms with Crippen molar-refractivity contribution in [1.29, 1.82) is 0 Å². The zero-order valence-corrected chi connectivity index (χ0v) is 23.1. The SMILES string of the molecule is [Pt].[c-]1c(Oc2[c-]c3c(nc2)c2ccccc2n3-c2ccccn2)cccc1N1[CH-]n2ccnc2-c2ccccc21. The van der Waals surface area contributed by atoms with E-state index in [9.17, 15) is 0 Å². The summed E-state index contributed by atoms with van der Waals surface area (Å²) in [6, 6.07) is 34.9. The number of aromatic nitrogens is 5. The van der Waals surface area contributed by atoms with E-state index in [1.165, 1.54) is 0 Å². The molecule has 0 N–H and O–H groups in total. The molecule has 5 heterocycles. The van der Waals surface area contributed by atoms with Gasteiger partial charge >= 0.3 is 0 Å². The summed E-state index contributed by atoms with van der Waals surface area (Å²) in [4.78, 5) is 16.0. The molecule has 0 aliphatic carbocycles. The molecule has 40 heavy (non-hydrogen) atoms. The van der Waals surface area contributed by atoms with E-state index in [4.69, 9.17) is 9.72 Å². The molecule has 0 saturated heterocycles. The molecule has 0 amide bonds. The Bertz CT molecular complexity index is 2000. The van der Waals surface area contributed by atoms with Crippen LogP contribution in [0.2, 0.25) is 0 Å². The van der Waals surface area contributed by atoms with E-state index >= 15 is 0 Å². The summed E-state index contributed by atoms with van der Waals surface area (Å²) in [5.74, 6) is 2.76. The fraction of sp³-hybridized carbons (Fsp3) is 0. The van der Waals surface area contributed by atoms with Crippen molar-refractivity contribution in [2.24, 2.45) is 0 Å². The number of nitrogens with zero attached hydrogens (tertiary/aromatic N) is 6. The Kier molecular flexibility index (Phi) is 5.87. The Hall–Kier alpha value is -4.87. The summed E-state index contributed by atoms with van der Waals surface area (Å²) in [5.41, 5.74) is 5.58. The van der Waals surface area contributed by atoms with Crippen molar-refractivity contribution in [2.75, 3.05) is 4.90 Å². The van der Waals surface area contributed by atoms with Crippen molar-refractivity contribution in [3.05, 3.63) is 129 Å². The number of fused-ring (bicyclic) bond motifs is 6. The van der Waals surface area contributed by atoms with E-state index in [-0.39, 0.29) is 21.1 Å². The van der Waals surface area contributed by atoms with Crippen LogP contribution < -0.4 is 9.64 Å².